The highest BCUT2D eigenvalue weighted by Gasteiger charge is 2.13. The van der Waals surface area contributed by atoms with Gasteiger partial charge in [0, 0.05) is 23.3 Å². The lowest BCUT2D eigenvalue weighted by Gasteiger charge is -2.17. The van der Waals surface area contributed by atoms with E-state index in [2.05, 4.69) is 42.2 Å². The van der Waals surface area contributed by atoms with Crippen LogP contribution in [0.5, 0.6) is 0 Å². The van der Waals surface area contributed by atoms with E-state index in [1.807, 2.05) is 6.92 Å². The highest BCUT2D eigenvalue weighted by atomic mass is 14.8. The Hall–Kier alpha value is -1.70. The number of rotatable bonds is 1. The minimum Gasteiger partial charge on any atom is -0.289 e. The van der Waals surface area contributed by atoms with Crippen LogP contribution in [-0.2, 0) is 0 Å². The molecule has 0 saturated carbocycles. The molecule has 0 amide bonds. The number of aromatic nitrogens is 1. The molecule has 3 rings (SSSR count). The van der Waals surface area contributed by atoms with Gasteiger partial charge in [0.1, 0.15) is 0 Å². The van der Waals surface area contributed by atoms with Gasteiger partial charge in [0.2, 0.25) is 0 Å². The monoisotopic (exact) mass is 238 g/mol. The molecule has 2 heteroatoms. The third-order valence-corrected chi connectivity index (χ3v) is 3.63. The van der Waals surface area contributed by atoms with Crippen molar-refractivity contribution >= 4 is 16.6 Å². The average molecular weight is 238 g/mol. The topological polar surface area (TPSA) is 25.2 Å². The van der Waals surface area contributed by atoms with E-state index >= 15 is 0 Å². The maximum absolute atomic E-state index is 4.70. The zero-order valence-corrected chi connectivity index (χ0v) is 11.0. The van der Waals surface area contributed by atoms with Gasteiger partial charge in [0.15, 0.2) is 0 Å². The van der Waals surface area contributed by atoms with Crippen LogP contribution in [0.2, 0.25) is 0 Å². The van der Waals surface area contributed by atoms with E-state index in [0.29, 0.717) is 0 Å². The summed E-state index contributed by atoms with van der Waals surface area (Å²) in [6.07, 6.45) is 2.36. The molecular formula is C16H18N2. The van der Waals surface area contributed by atoms with E-state index in [1.54, 1.807) is 0 Å². The van der Waals surface area contributed by atoms with E-state index in [4.69, 9.17) is 4.99 Å². The molecule has 1 aliphatic heterocycles. The molecule has 2 aromatic rings. The average Bonchev–Trinajstić information content (AvgIpc) is 2.39. The summed E-state index contributed by atoms with van der Waals surface area (Å²) in [6.45, 7) is 5.27. The van der Waals surface area contributed by atoms with Crippen LogP contribution in [0.25, 0.3) is 10.9 Å². The van der Waals surface area contributed by atoms with Crippen LogP contribution in [0.1, 0.15) is 31.0 Å². The van der Waals surface area contributed by atoms with Crippen LogP contribution in [0.15, 0.2) is 35.3 Å². The van der Waals surface area contributed by atoms with Gasteiger partial charge in [-0.05, 0) is 49.4 Å². The molecule has 0 N–H and O–H groups in total. The highest BCUT2D eigenvalue weighted by molar-refractivity contribution is 6.03. The van der Waals surface area contributed by atoms with Crippen LogP contribution in [-0.4, -0.2) is 17.2 Å². The van der Waals surface area contributed by atoms with E-state index in [9.17, 15) is 0 Å². The largest absolute Gasteiger partial charge is 0.289 e. The second-order valence-corrected chi connectivity index (χ2v) is 5.29. The lowest BCUT2D eigenvalue weighted by Crippen LogP contribution is -2.14. The lowest BCUT2D eigenvalue weighted by atomic mass is 9.95. The molecule has 0 aliphatic carbocycles. The molecule has 1 atom stereocenters. The molecule has 1 unspecified atom stereocenters. The fourth-order valence-electron chi connectivity index (χ4n) is 2.46. The summed E-state index contributed by atoms with van der Waals surface area (Å²) in [5, 5.41) is 1.21. The number of benzene rings is 1. The first-order valence-corrected chi connectivity index (χ1v) is 6.63. The van der Waals surface area contributed by atoms with Crippen molar-refractivity contribution in [2.45, 2.75) is 26.7 Å². The Bertz CT molecular complexity index is 614. The molecule has 0 radical (unpaired) electrons. The van der Waals surface area contributed by atoms with Gasteiger partial charge in [-0.15, -0.1) is 0 Å². The fourth-order valence-corrected chi connectivity index (χ4v) is 2.46. The number of aliphatic imine (C=N–C) groups is 1. The minimum absolute atomic E-state index is 0.735. The summed E-state index contributed by atoms with van der Waals surface area (Å²) in [5.41, 5.74) is 4.67. The number of fused-ring (bicyclic) bond motifs is 1. The molecule has 2 heterocycles. The van der Waals surface area contributed by atoms with Crippen LogP contribution in [0.4, 0.5) is 0 Å². The first-order chi connectivity index (χ1) is 8.72. The van der Waals surface area contributed by atoms with Gasteiger partial charge in [-0.1, -0.05) is 19.1 Å². The predicted molar refractivity (Wildman–Crippen MR) is 76.3 cm³/mol. The summed E-state index contributed by atoms with van der Waals surface area (Å²) in [7, 11) is 0. The SMILES string of the molecule is Cc1ccc2cc(C3=NCC(C)CC3)ccc2n1. The van der Waals surface area contributed by atoms with Crippen molar-refractivity contribution in [2.75, 3.05) is 6.54 Å². The van der Waals surface area contributed by atoms with Crippen molar-refractivity contribution in [3.05, 3.63) is 41.6 Å². The Morgan fingerprint density at radius 2 is 2.06 bits per heavy atom. The van der Waals surface area contributed by atoms with Gasteiger partial charge in [0.25, 0.3) is 0 Å². The third-order valence-electron chi connectivity index (χ3n) is 3.63. The van der Waals surface area contributed by atoms with Crippen LogP contribution in [0, 0.1) is 12.8 Å². The number of aryl methyl sites for hydroxylation is 1. The highest BCUT2D eigenvalue weighted by Crippen LogP contribution is 2.21. The molecule has 0 bridgehead atoms. The fraction of sp³-hybridized carbons (Fsp3) is 0.375. The molecule has 92 valence electrons. The summed E-state index contributed by atoms with van der Waals surface area (Å²) in [6, 6.07) is 10.7. The molecular weight excluding hydrogens is 220 g/mol. The number of pyridine rings is 1. The van der Waals surface area contributed by atoms with Gasteiger partial charge >= 0.3 is 0 Å². The van der Waals surface area contributed by atoms with Crippen molar-refractivity contribution in [3.8, 4) is 0 Å². The summed E-state index contributed by atoms with van der Waals surface area (Å²) in [5.74, 6) is 0.735. The van der Waals surface area contributed by atoms with E-state index in [-0.39, 0.29) is 0 Å². The van der Waals surface area contributed by atoms with Gasteiger partial charge in [-0.3, -0.25) is 9.98 Å². The van der Waals surface area contributed by atoms with Crippen molar-refractivity contribution in [1.29, 1.82) is 0 Å². The van der Waals surface area contributed by atoms with Crippen molar-refractivity contribution in [3.63, 3.8) is 0 Å². The van der Waals surface area contributed by atoms with Crippen LogP contribution < -0.4 is 0 Å². The third kappa shape index (κ3) is 2.15. The molecule has 0 fully saturated rings. The Morgan fingerprint density at radius 1 is 1.17 bits per heavy atom. The summed E-state index contributed by atoms with van der Waals surface area (Å²) < 4.78 is 0. The smallest absolute Gasteiger partial charge is 0.0705 e. The second-order valence-electron chi connectivity index (χ2n) is 5.29. The Morgan fingerprint density at radius 3 is 2.83 bits per heavy atom. The minimum atomic E-state index is 0.735. The maximum Gasteiger partial charge on any atom is 0.0705 e. The molecule has 1 aromatic heterocycles. The van der Waals surface area contributed by atoms with Gasteiger partial charge in [0.05, 0.1) is 5.52 Å². The zero-order chi connectivity index (χ0) is 12.5. The number of hydrogen-bond acceptors (Lipinski definition) is 2. The van der Waals surface area contributed by atoms with Crippen LogP contribution in [0.3, 0.4) is 0 Å². The molecule has 0 saturated heterocycles. The maximum atomic E-state index is 4.70. The van der Waals surface area contributed by atoms with Crippen molar-refractivity contribution in [2.24, 2.45) is 10.9 Å². The molecule has 18 heavy (non-hydrogen) atoms. The van der Waals surface area contributed by atoms with Crippen LogP contribution >= 0.6 is 0 Å². The first kappa shape index (κ1) is 11.4. The normalized spacial score (nSPS) is 19.9. The molecule has 1 aromatic carbocycles. The summed E-state index contributed by atoms with van der Waals surface area (Å²) >= 11 is 0. The first-order valence-electron chi connectivity index (χ1n) is 6.63. The number of hydrogen-bond donors (Lipinski definition) is 0. The quantitative estimate of drug-likeness (QED) is 0.742. The second kappa shape index (κ2) is 4.52. The zero-order valence-electron chi connectivity index (χ0n) is 11.0. The van der Waals surface area contributed by atoms with Crippen molar-refractivity contribution in [1.82, 2.24) is 4.98 Å². The molecule has 2 nitrogen and oxygen atoms in total. The predicted octanol–water partition coefficient (Wildman–Crippen LogP) is 3.76. The standard InChI is InChI=1S/C16H18N2/c1-11-3-7-15(17-10-11)13-6-8-16-14(9-13)5-4-12(2)18-16/h4-6,8-9,11H,3,7,10H2,1-2H3. The van der Waals surface area contributed by atoms with E-state index < -0.39 is 0 Å². The molecule has 0 spiro atoms. The van der Waals surface area contributed by atoms with E-state index in [0.717, 1.165) is 30.1 Å². The van der Waals surface area contributed by atoms with E-state index in [1.165, 1.54) is 23.1 Å². The van der Waals surface area contributed by atoms with Gasteiger partial charge < -0.3 is 0 Å². The Balaban J connectivity index is 2.01. The molecule has 1 aliphatic rings. The Labute approximate surface area is 108 Å². The Kier molecular flexibility index (Phi) is 2.86. The number of nitrogens with zero attached hydrogens (tertiary/aromatic N) is 2. The lowest BCUT2D eigenvalue weighted by molar-refractivity contribution is 0.538. The van der Waals surface area contributed by atoms with Gasteiger partial charge in [-0.25, -0.2) is 0 Å². The summed E-state index contributed by atoms with van der Waals surface area (Å²) in [4.78, 5) is 9.24. The van der Waals surface area contributed by atoms with Gasteiger partial charge in [-0.2, -0.15) is 0 Å². The van der Waals surface area contributed by atoms with Crippen molar-refractivity contribution < 1.29 is 0 Å².